The second-order valence-corrected chi connectivity index (χ2v) is 5.06. The maximum atomic E-state index is 10.4. The van der Waals surface area contributed by atoms with Gasteiger partial charge < -0.3 is 9.52 Å². The molecule has 0 aliphatic rings. The van der Waals surface area contributed by atoms with Crippen LogP contribution in [0.15, 0.2) is 10.6 Å². The van der Waals surface area contributed by atoms with Gasteiger partial charge in [0.05, 0.1) is 17.6 Å². The van der Waals surface area contributed by atoms with Crippen molar-refractivity contribution in [3.05, 3.63) is 22.0 Å². The van der Waals surface area contributed by atoms with E-state index in [9.17, 15) is 4.79 Å². The van der Waals surface area contributed by atoms with Gasteiger partial charge in [0.25, 0.3) is 0 Å². The van der Waals surface area contributed by atoms with Crippen LogP contribution in [0.5, 0.6) is 0 Å². The SMILES string of the molecule is Cc1nc(-c2cnc(CCC(=O)O)o2)c(C)s1. The lowest BCUT2D eigenvalue weighted by molar-refractivity contribution is -0.137. The summed E-state index contributed by atoms with van der Waals surface area (Å²) in [5, 5.41) is 9.54. The van der Waals surface area contributed by atoms with Gasteiger partial charge in [0.2, 0.25) is 0 Å². The maximum absolute atomic E-state index is 10.4. The van der Waals surface area contributed by atoms with E-state index in [0.717, 1.165) is 15.6 Å². The molecule has 2 aromatic heterocycles. The number of carboxylic acids is 1. The highest BCUT2D eigenvalue weighted by Gasteiger charge is 2.13. The first-order valence-corrected chi connectivity index (χ1v) is 5.99. The molecule has 0 atom stereocenters. The van der Waals surface area contributed by atoms with Crippen molar-refractivity contribution in [3.63, 3.8) is 0 Å². The minimum atomic E-state index is -0.856. The van der Waals surface area contributed by atoms with Crippen LogP contribution in [0.3, 0.4) is 0 Å². The Labute approximate surface area is 102 Å². The third kappa shape index (κ3) is 2.71. The number of hydrogen-bond acceptors (Lipinski definition) is 5. The van der Waals surface area contributed by atoms with E-state index in [0.29, 0.717) is 18.1 Å². The number of aliphatic carboxylic acids is 1. The van der Waals surface area contributed by atoms with Gasteiger partial charge in [0, 0.05) is 11.3 Å². The van der Waals surface area contributed by atoms with E-state index in [1.807, 2.05) is 13.8 Å². The number of aromatic nitrogens is 2. The summed E-state index contributed by atoms with van der Waals surface area (Å²) in [5.74, 6) is 0.185. The molecule has 0 aliphatic heterocycles. The summed E-state index contributed by atoms with van der Waals surface area (Å²) in [6.45, 7) is 3.91. The van der Waals surface area contributed by atoms with Gasteiger partial charge in [0.1, 0.15) is 5.69 Å². The number of carboxylic acid groups (broad SMARTS) is 1. The first kappa shape index (κ1) is 11.8. The van der Waals surface area contributed by atoms with E-state index in [4.69, 9.17) is 9.52 Å². The fourth-order valence-electron chi connectivity index (χ4n) is 1.51. The summed E-state index contributed by atoms with van der Waals surface area (Å²) in [4.78, 5) is 19.9. The molecule has 0 unspecified atom stereocenters. The minimum absolute atomic E-state index is 0.0228. The molecule has 1 N–H and O–H groups in total. The molecule has 0 saturated carbocycles. The molecule has 2 rings (SSSR count). The van der Waals surface area contributed by atoms with Crippen molar-refractivity contribution in [2.45, 2.75) is 26.7 Å². The van der Waals surface area contributed by atoms with Crippen molar-refractivity contribution >= 4 is 17.3 Å². The van der Waals surface area contributed by atoms with Crippen molar-refractivity contribution in [2.75, 3.05) is 0 Å². The molecule has 0 bridgehead atoms. The minimum Gasteiger partial charge on any atom is -0.481 e. The Hall–Kier alpha value is -1.69. The fourth-order valence-corrected chi connectivity index (χ4v) is 2.33. The van der Waals surface area contributed by atoms with Crippen LogP contribution in [0, 0.1) is 13.8 Å². The Balaban J connectivity index is 2.18. The molecule has 90 valence electrons. The highest BCUT2D eigenvalue weighted by molar-refractivity contribution is 7.11. The summed E-state index contributed by atoms with van der Waals surface area (Å²) in [6, 6.07) is 0. The maximum Gasteiger partial charge on any atom is 0.303 e. The van der Waals surface area contributed by atoms with Crippen LogP contribution in [0.2, 0.25) is 0 Å². The lowest BCUT2D eigenvalue weighted by atomic mass is 10.3. The lowest BCUT2D eigenvalue weighted by Gasteiger charge is -1.92. The number of aryl methyl sites for hydroxylation is 3. The molecule has 0 radical (unpaired) electrons. The standard InChI is InChI=1S/C11H12N2O3S/c1-6-11(13-7(2)17-6)8-5-12-9(16-8)3-4-10(14)15/h5H,3-4H2,1-2H3,(H,14,15). The van der Waals surface area contributed by atoms with E-state index in [1.165, 1.54) is 0 Å². The Morgan fingerprint density at radius 1 is 1.53 bits per heavy atom. The van der Waals surface area contributed by atoms with Crippen LogP contribution in [0.1, 0.15) is 22.2 Å². The zero-order chi connectivity index (χ0) is 12.4. The molecular weight excluding hydrogens is 240 g/mol. The zero-order valence-electron chi connectivity index (χ0n) is 9.56. The molecule has 0 spiro atoms. The highest BCUT2D eigenvalue weighted by atomic mass is 32.1. The first-order chi connectivity index (χ1) is 8.06. The predicted octanol–water partition coefficient (Wildman–Crippen LogP) is 2.43. The molecule has 17 heavy (non-hydrogen) atoms. The van der Waals surface area contributed by atoms with Crippen molar-refractivity contribution in [3.8, 4) is 11.5 Å². The summed E-state index contributed by atoms with van der Waals surface area (Å²) in [6.07, 6.45) is 1.92. The van der Waals surface area contributed by atoms with Crippen LogP contribution >= 0.6 is 11.3 Å². The van der Waals surface area contributed by atoms with Gasteiger partial charge in [-0.15, -0.1) is 11.3 Å². The first-order valence-electron chi connectivity index (χ1n) is 5.17. The smallest absolute Gasteiger partial charge is 0.303 e. The Bertz CT molecular complexity index is 545. The van der Waals surface area contributed by atoms with E-state index in [1.54, 1.807) is 17.5 Å². The number of oxazole rings is 1. The Morgan fingerprint density at radius 3 is 2.88 bits per heavy atom. The summed E-state index contributed by atoms with van der Waals surface area (Å²) in [7, 11) is 0. The molecular formula is C11H12N2O3S. The van der Waals surface area contributed by atoms with Crippen LogP contribution < -0.4 is 0 Å². The number of rotatable bonds is 4. The normalized spacial score (nSPS) is 10.7. The third-order valence-corrected chi connectivity index (χ3v) is 3.13. The quantitative estimate of drug-likeness (QED) is 0.904. The van der Waals surface area contributed by atoms with E-state index >= 15 is 0 Å². The van der Waals surface area contributed by atoms with Crippen molar-refractivity contribution < 1.29 is 14.3 Å². The average molecular weight is 252 g/mol. The molecule has 2 heterocycles. The van der Waals surface area contributed by atoms with E-state index in [-0.39, 0.29) is 6.42 Å². The monoisotopic (exact) mass is 252 g/mol. The molecule has 0 aliphatic carbocycles. The van der Waals surface area contributed by atoms with Crippen molar-refractivity contribution in [1.82, 2.24) is 9.97 Å². The van der Waals surface area contributed by atoms with E-state index in [2.05, 4.69) is 9.97 Å². The van der Waals surface area contributed by atoms with Gasteiger partial charge in [0.15, 0.2) is 11.7 Å². The van der Waals surface area contributed by atoms with Gasteiger partial charge in [-0.25, -0.2) is 9.97 Å². The fraction of sp³-hybridized carbons (Fsp3) is 0.364. The van der Waals surface area contributed by atoms with Gasteiger partial charge in [-0.05, 0) is 13.8 Å². The second-order valence-electron chi connectivity index (χ2n) is 3.65. The number of thiazole rings is 1. The number of hydrogen-bond donors (Lipinski definition) is 1. The summed E-state index contributed by atoms with van der Waals surface area (Å²) in [5.41, 5.74) is 0.793. The van der Waals surface area contributed by atoms with Crippen molar-refractivity contribution in [2.24, 2.45) is 0 Å². The lowest BCUT2D eigenvalue weighted by Crippen LogP contribution is -1.97. The van der Waals surface area contributed by atoms with Crippen LogP contribution in [0.25, 0.3) is 11.5 Å². The van der Waals surface area contributed by atoms with Gasteiger partial charge in [-0.2, -0.15) is 0 Å². The van der Waals surface area contributed by atoms with Gasteiger partial charge >= 0.3 is 5.97 Å². The molecule has 5 nitrogen and oxygen atoms in total. The summed E-state index contributed by atoms with van der Waals surface area (Å²) >= 11 is 1.60. The topological polar surface area (TPSA) is 76.2 Å². The molecule has 2 aromatic rings. The highest BCUT2D eigenvalue weighted by Crippen LogP contribution is 2.27. The molecule has 6 heteroatoms. The van der Waals surface area contributed by atoms with Crippen LogP contribution in [0.4, 0.5) is 0 Å². The van der Waals surface area contributed by atoms with Crippen LogP contribution in [-0.4, -0.2) is 21.0 Å². The largest absolute Gasteiger partial charge is 0.481 e. The molecule has 0 fully saturated rings. The van der Waals surface area contributed by atoms with Gasteiger partial charge in [-0.3, -0.25) is 4.79 Å². The van der Waals surface area contributed by atoms with Crippen LogP contribution in [-0.2, 0) is 11.2 Å². The average Bonchev–Trinajstić information content (AvgIpc) is 2.82. The molecule has 0 saturated heterocycles. The zero-order valence-corrected chi connectivity index (χ0v) is 10.4. The van der Waals surface area contributed by atoms with E-state index < -0.39 is 5.97 Å². The Morgan fingerprint density at radius 2 is 2.29 bits per heavy atom. The van der Waals surface area contributed by atoms with Crippen molar-refractivity contribution in [1.29, 1.82) is 0 Å². The number of carbonyl (C=O) groups is 1. The third-order valence-electron chi connectivity index (χ3n) is 2.24. The summed E-state index contributed by atoms with van der Waals surface area (Å²) < 4.78 is 5.48. The van der Waals surface area contributed by atoms with Gasteiger partial charge in [-0.1, -0.05) is 0 Å². The second kappa shape index (κ2) is 4.67. The Kier molecular flexibility index (Phi) is 3.23. The molecule has 0 amide bonds. The molecule has 0 aromatic carbocycles. The predicted molar refractivity (Wildman–Crippen MR) is 63.0 cm³/mol. The number of nitrogens with zero attached hydrogens (tertiary/aromatic N) is 2.